The van der Waals surface area contributed by atoms with Crippen molar-refractivity contribution in [3.8, 4) is 11.6 Å². The molecular weight excluding hydrogens is 489 g/mol. The fourth-order valence-corrected chi connectivity index (χ4v) is 4.09. The van der Waals surface area contributed by atoms with Gasteiger partial charge in [0.05, 0.1) is 16.7 Å². The maximum Gasteiger partial charge on any atom is 0.416 e. The number of halogens is 5. The molecule has 1 fully saturated rings. The van der Waals surface area contributed by atoms with Crippen molar-refractivity contribution < 1.29 is 41.4 Å². The molecular formula is C24H20F5N3O4. The molecule has 0 unspecified atom stereocenters. The summed E-state index contributed by atoms with van der Waals surface area (Å²) in [7, 11) is 1.23. The Kier molecular flexibility index (Phi) is 6.46. The molecule has 1 saturated carbocycles. The average Bonchev–Trinajstić information content (AvgIpc) is 3.12. The van der Waals surface area contributed by atoms with Gasteiger partial charge >= 0.3 is 12.1 Å². The van der Waals surface area contributed by atoms with E-state index in [1.54, 1.807) is 12.1 Å². The number of carboxylic acid groups (broad SMARTS) is 1. The molecule has 1 amide bonds. The van der Waals surface area contributed by atoms with Crippen LogP contribution in [-0.2, 0) is 18.8 Å². The predicted molar refractivity (Wildman–Crippen MR) is 116 cm³/mol. The van der Waals surface area contributed by atoms with Crippen LogP contribution in [0.4, 0.5) is 22.0 Å². The highest BCUT2D eigenvalue weighted by atomic mass is 19.4. The first kappa shape index (κ1) is 25.1. The van der Waals surface area contributed by atoms with Crippen molar-refractivity contribution in [1.29, 1.82) is 0 Å². The number of aryl methyl sites for hydroxylation is 1. The van der Waals surface area contributed by atoms with E-state index in [4.69, 9.17) is 9.84 Å². The first-order valence-electron chi connectivity index (χ1n) is 10.8. The quantitative estimate of drug-likeness (QED) is 0.400. The van der Waals surface area contributed by atoms with Crippen LogP contribution in [0, 0.1) is 0 Å². The molecule has 36 heavy (non-hydrogen) atoms. The molecule has 190 valence electrons. The van der Waals surface area contributed by atoms with Gasteiger partial charge in [-0.05, 0) is 55.2 Å². The highest BCUT2D eigenvalue weighted by molar-refractivity contribution is 5.98. The third-order valence-electron chi connectivity index (χ3n) is 6.08. The summed E-state index contributed by atoms with van der Waals surface area (Å²) in [5, 5.41) is 15.5. The van der Waals surface area contributed by atoms with Gasteiger partial charge in [0, 0.05) is 7.05 Å². The molecule has 0 spiro atoms. The van der Waals surface area contributed by atoms with E-state index < -0.39 is 52.7 Å². The number of ether oxygens (including phenoxy) is 1. The van der Waals surface area contributed by atoms with Crippen LogP contribution in [0.25, 0.3) is 0 Å². The smallest absolute Gasteiger partial charge is 0.416 e. The molecule has 12 heteroatoms. The van der Waals surface area contributed by atoms with Gasteiger partial charge in [0.25, 0.3) is 12.3 Å². The van der Waals surface area contributed by atoms with E-state index in [-0.39, 0.29) is 11.3 Å². The minimum absolute atomic E-state index is 0.0450. The highest BCUT2D eigenvalue weighted by Crippen LogP contribution is 2.43. The summed E-state index contributed by atoms with van der Waals surface area (Å²) >= 11 is 0. The molecule has 2 N–H and O–H groups in total. The highest BCUT2D eigenvalue weighted by Gasteiger charge is 2.42. The lowest BCUT2D eigenvalue weighted by Gasteiger charge is -2.43. The van der Waals surface area contributed by atoms with E-state index in [0.29, 0.717) is 24.5 Å². The molecule has 0 atom stereocenters. The zero-order valence-electron chi connectivity index (χ0n) is 18.8. The largest absolute Gasteiger partial charge is 0.478 e. The van der Waals surface area contributed by atoms with Gasteiger partial charge < -0.3 is 15.2 Å². The number of benzene rings is 2. The van der Waals surface area contributed by atoms with Crippen molar-refractivity contribution in [2.75, 3.05) is 0 Å². The summed E-state index contributed by atoms with van der Waals surface area (Å²) in [4.78, 5) is 24.5. The third kappa shape index (κ3) is 4.75. The predicted octanol–water partition coefficient (Wildman–Crippen LogP) is 5.68. The number of carbonyl (C=O) groups is 2. The van der Waals surface area contributed by atoms with Gasteiger partial charge in [0.2, 0.25) is 5.88 Å². The van der Waals surface area contributed by atoms with E-state index in [1.807, 2.05) is 0 Å². The maximum absolute atomic E-state index is 13.8. The molecule has 0 saturated heterocycles. The van der Waals surface area contributed by atoms with Gasteiger partial charge in [-0.3, -0.25) is 4.79 Å². The number of alkyl halides is 5. The van der Waals surface area contributed by atoms with Crippen LogP contribution < -0.4 is 10.1 Å². The van der Waals surface area contributed by atoms with Crippen molar-refractivity contribution in [2.24, 2.45) is 7.05 Å². The second kappa shape index (κ2) is 9.25. The number of nitrogens with zero attached hydrogens (tertiary/aromatic N) is 2. The molecule has 4 rings (SSSR count). The summed E-state index contributed by atoms with van der Waals surface area (Å²) in [6.45, 7) is 0. The normalized spacial score (nSPS) is 14.9. The lowest BCUT2D eigenvalue weighted by atomic mass is 9.71. The summed E-state index contributed by atoms with van der Waals surface area (Å²) in [5.41, 5.74) is -2.79. The van der Waals surface area contributed by atoms with E-state index in [0.717, 1.165) is 23.2 Å². The Hall–Kier alpha value is -3.96. The second-order valence-electron chi connectivity index (χ2n) is 8.39. The molecule has 1 aliphatic rings. The van der Waals surface area contributed by atoms with E-state index in [2.05, 4.69) is 10.4 Å². The van der Waals surface area contributed by atoms with Crippen LogP contribution in [0.3, 0.4) is 0 Å². The standard InChI is InChI=1S/C24H20F5N3O4/c1-32-21(36-16-5-2-4-15(12-16)24(27,28)29)17(18(31-32)19(25)26)20(33)30-23(10-3-11-23)14-8-6-13(7-9-14)22(34)35/h2,4-9,12,19H,3,10-11H2,1H3,(H,30,33)(H,34,35). The molecule has 7 nitrogen and oxygen atoms in total. The number of rotatable bonds is 7. The number of aromatic nitrogens is 2. The minimum atomic E-state index is -4.66. The Bertz CT molecular complexity index is 1300. The number of hydrogen-bond donors (Lipinski definition) is 2. The van der Waals surface area contributed by atoms with Gasteiger partial charge in [-0.15, -0.1) is 0 Å². The number of carboxylic acids is 1. The zero-order valence-corrected chi connectivity index (χ0v) is 18.8. The van der Waals surface area contributed by atoms with Gasteiger partial charge in [0.15, 0.2) is 0 Å². The number of nitrogens with one attached hydrogen (secondary N) is 1. The fraction of sp³-hybridized carbons (Fsp3) is 0.292. The van der Waals surface area contributed by atoms with Crippen LogP contribution >= 0.6 is 0 Å². The summed E-state index contributed by atoms with van der Waals surface area (Å²) < 4.78 is 73.2. The van der Waals surface area contributed by atoms with Crippen LogP contribution in [-0.4, -0.2) is 26.8 Å². The molecule has 1 aliphatic carbocycles. The van der Waals surface area contributed by atoms with Crippen LogP contribution in [0.1, 0.15) is 63.2 Å². The maximum atomic E-state index is 13.8. The average molecular weight is 509 g/mol. The molecule has 1 heterocycles. The Labute approximate surface area is 201 Å². The Morgan fingerprint density at radius 1 is 1.14 bits per heavy atom. The molecule has 0 radical (unpaired) electrons. The van der Waals surface area contributed by atoms with Crippen LogP contribution in [0.2, 0.25) is 0 Å². The second-order valence-corrected chi connectivity index (χ2v) is 8.39. The monoisotopic (exact) mass is 509 g/mol. The van der Waals surface area contributed by atoms with Gasteiger partial charge in [-0.2, -0.15) is 18.3 Å². The number of hydrogen-bond acceptors (Lipinski definition) is 4. The van der Waals surface area contributed by atoms with Crippen LogP contribution in [0.5, 0.6) is 11.6 Å². The number of aromatic carboxylic acids is 1. The summed E-state index contributed by atoms with van der Waals surface area (Å²) in [6.07, 6.45) is -6.16. The van der Waals surface area contributed by atoms with Gasteiger partial charge in [0.1, 0.15) is 17.0 Å². The zero-order chi connectivity index (χ0) is 26.3. The van der Waals surface area contributed by atoms with E-state index in [1.165, 1.54) is 25.2 Å². The number of carbonyl (C=O) groups excluding carboxylic acids is 1. The first-order chi connectivity index (χ1) is 16.9. The minimum Gasteiger partial charge on any atom is -0.478 e. The third-order valence-corrected chi connectivity index (χ3v) is 6.08. The fourth-order valence-electron chi connectivity index (χ4n) is 4.09. The van der Waals surface area contributed by atoms with Gasteiger partial charge in [-0.1, -0.05) is 18.2 Å². The van der Waals surface area contributed by atoms with Crippen molar-refractivity contribution in [3.05, 3.63) is 76.5 Å². The van der Waals surface area contributed by atoms with E-state index in [9.17, 15) is 31.5 Å². The first-order valence-corrected chi connectivity index (χ1v) is 10.8. The van der Waals surface area contributed by atoms with E-state index >= 15 is 0 Å². The van der Waals surface area contributed by atoms with Gasteiger partial charge in [-0.25, -0.2) is 18.3 Å². The van der Waals surface area contributed by atoms with Crippen molar-refractivity contribution in [3.63, 3.8) is 0 Å². The Morgan fingerprint density at radius 3 is 2.33 bits per heavy atom. The van der Waals surface area contributed by atoms with Crippen molar-refractivity contribution in [2.45, 2.75) is 37.4 Å². The molecule has 2 aromatic carbocycles. The van der Waals surface area contributed by atoms with Crippen molar-refractivity contribution >= 4 is 11.9 Å². The Balaban J connectivity index is 1.69. The molecule has 3 aromatic rings. The SMILES string of the molecule is Cn1nc(C(F)F)c(C(=O)NC2(c3ccc(C(=O)O)cc3)CCC2)c1Oc1cccc(C(F)(F)F)c1. The lowest BCUT2D eigenvalue weighted by molar-refractivity contribution is -0.137. The molecule has 0 bridgehead atoms. The lowest BCUT2D eigenvalue weighted by Crippen LogP contribution is -2.51. The topological polar surface area (TPSA) is 93.5 Å². The Morgan fingerprint density at radius 2 is 1.81 bits per heavy atom. The summed E-state index contributed by atoms with van der Waals surface area (Å²) in [5.74, 6) is -2.83. The summed E-state index contributed by atoms with van der Waals surface area (Å²) in [6, 6.07) is 9.64. The number of amides is 1. The van der Waals surface area contributed by atoms with Crippen LogP contribution in [0.15, 0.2) is 48.5 Å². The molecule has 0 aliphatic heterocycles. The van der Waals surface area contributed by atoms with Crippen molar-refractivity contribution in [1.82, 2.24) is 15.1 Å². The molecule has 1 aromatic heterocycles.